The first-order valence-corrected chi connectivity index (χ1v) is 7.53. The van der Waals surface area contributed by atoms with Crippen molar-refractivity contribution in [2.45, 2.75) is 57.9 Å². The molecule has 0 aromatic carbocycles. The number of allylic oxidation sites excluding steroid dienone is 4. The lowest BCUT2D eigenvalue weighted by Crippen LogP contribution is -2.30. The Balaban J connectivity index is 1.97. The van der Waals surface area contributed by atoms with Gasteiger partial charge in [0.1, 0.15) is 5.78 Å². The number of hydrogen-bond donors (Lipinski definition) is 2. The van der Waals surface area contributed by atoms with E-state index in [-0.39, 0.29) is 17.7 Å². The van der Waals surface area contributed by atoms with Crippen molar-refractivity contribution in [2.24, 2.45) is 5.73 Å². The Morgan fingerprint density at radius 1 is 1.40 bits per heavy atom. The summed E-state index contributed by atoms with van der Waals surface area (Å²) < 4.78 is 0. The van der Waals surface area contributed by atoms with E-state index in [0.717, 1.165) is 25.7 Å². The molecule has 0 spiro atoms. The van der Waals surface area contributed by atoms with Crippen molar-refractivity contribution in [3.63, 3.8) is 0 Å². The molecule has 1 rings (SSSR count). The summed E-state index contributed by atoms with van der Waals surface area (Å²) in [6, 6.07) is -0.336. The molecule has 1 amide bonds. The number of unbranched alkanes of at least 4 members (excludes halogenated alkanes) is 1. The molecular formula is C16H26N2O2. The second-order valence-electron chi connectivity index (χ2n) is 5.23. The fraction of sp³-hybridized carbons (Fsp3) is 0.625. The molecular weight excluding hydrogens is 252 g/mol. The molecule has 0 bridgehead atoms. The lowest BCUT2D eigenvalue weighted by Gasteiger charge is -2.09. The smallest absolute Gasteiger partial charge is 0.220 e. The van der Waals surface area contributed by atoms with Gasteiger partial charge in [-0.2, -0.15) is 0 Å². The highest BCUT2D eigenvalue weighted by Crippen LogP contribution is 2.15. The van der Waals surface area contributed by atoms with E-state index in [4.69, 9.17) is 5.73 Å². The standard InChI is InChI=1S/C16H26N2O2/c1-2-15(19)14(17)9-5-6-12-18-16(20)11-10-13-7-3-4-8-13/h3-4,7,14H,2,5-6,8-12,17H2,1H3,(H,18,20). The minimum atomic E-state index is -0.336. The lowest BCUT2D eigenvalue weighted by atomic mass is 10.0. The van der Waals surface area contributed by atoms with Gasteiger partial charge in [-0.15, -0.1) is 0 Å². The molecule has 1 atom stereocenters. The molecule has 1 aliphatic carbocycles. The molecule has 4 heteroatoms. The van der Waals surface area contributed by atoms with Crippen LogP contribution in [0.3, 0.4) is 0 Å². The van der Waals surface area contributed by atoms with Crippen LogP contribution >= 0.6 is 0 Å². The summed E-state index contributed by atoms with van der Waals surface area (Å²) in [4.78, 5) is 22.9. The number of carbonyl (C=O) groups is 2. The second kappa shape index (κ2) is 9.48. The zero-order valence-corrected chi connectivity index (χ0v) is 12.4. The number of nitrogens with two attached hydrogens (primary N) is 1. The number of ketones is 1. The molecule has 1 unspecified atom stereocenters. The van der Waals surface area contributed by atoms with Crippen molar-refractivity contribution in [1.82, 2.24) is 5.32 Å². The van der Waals surface area contributed by atoms with Crippen molar-refractivity contribution >= 4 is 11.7 Å². The van der Waals surface area contributed by atoms with Crippen molar-refractivity contribution in [3.8, 4) is 0 Å². The number of carbonyl (C=O) groups excluding carboxylic acids is 2. The average molecular weight is 278 g/mol. The van der Waals surface area contributed by atoms with Crippen LogP contribution in [0.25, 0.3) is 0 Å². The fourth-order valence-electron chi connectivity index (χ4n) is 2.18. The van der Waals surface area contributed by atoms with Crippen molar-refractivity contribution < 1.29 is 9.59 Å². The Kier molecular flexibility index (Phi) is 7.88. The van der Waals surface area contributed by atoms with Crippen molar-refractivity contribution in [3.05, 3.63) is 23.8 Å². The minimum absolute atomic E-state index is 0.103. The fourth-order valence-corrected chi connectivity index (χ4v) is 2.18. The molecule has 20 heavy (non-hydrogen) atoms. The normalized spacial score (nSPS) is 15.0. The van der Waals surface area contributed by atoms with E-state index in [0.29, 0.717) is 25.8 Å². The van der Waals surface area contributed by atoms with Gasteiger partial charge >= 0.3 is 0 Å². The molecule has 4 nitrogen and oxygen atoms in total. The summed E-state index contributed by atoms with van der Waals surface area (Å²) in [5.74, 6) is 0.221. The zero-order chi connectivity index (χ0) is 14.8. The van der Waals surface area contributed by atoms with Crippen LogP contribution in [0.15, 0.2) is 23.8 Å². The van der Waals surface area contributed by atoms with Crippen LogP contribution in [-0.2, 0) is 9.59 Å². The van der Waals surface area contributed by atoms with Gasteiger partial charge < -0.3 is 11.1 Å². The third-order valence-corrected chi connectivity index (χ3v) is 3.55. The monoisotopic (exact) mass is 278 g/mol. The number of rotatable bonds is 10. The molecule has 3 N–H and O–H groups in total. The number of hydrogen-bond acceptors (Lipinski definition) is 3. The lowest BCUT2D eigenvalue weighted by molar-refractivity contribution is -0.121. The van der Waals surface area contributed by atoms with Gasteiger partial charge in [0, 0.05) is 19.4 Å². The Hall–Kier alpha value is -1.42. The second-order valence-corrected chi connectivity index (χ2v) is 5.23. The Labute approximate surface area is 121 Å². The number of Topliss-reactive ketones (excluding diaryl/α,β-unsaturated/α-hetero) is 1. The van der Waals surface area contributed by atoms with Gasteiger partial charge in [0.2, 0.25) is 5.91 Å². The number of amides is 1. The Morgan fingerprint density at radius 2 is 2.20 bits per heavy atom. The third kappa shape index (κ3) is 6.66. The predicted molar refractivity (Wildman–Crippen MR) is 81.2 cm³/mol. The zero-order valence-electron chi connectivity index (χ0n) is 12.4. The van der Waals surface area contributed by atoms with Gasteiger partial charge in [0.15, 0.2) is 0 Å². The quantitative estimate of drug-likeness (QED) is 0.602. The summed E-state index contributed by atoms with van der Waals surface area (Å²) in [7, 11) is 0. The predicted octanol–water partition coefficient (Wildman–Crippen LogP) is 2.25. The van der Waals surface area contributed by atoms with Gasteiger partial charge in [-0.05, 0) is 32.1 Å². The molecule has 1 aliphatic rings. The maximum absolute atomic E-state index is 11.6. The molecule has 0 aromatic rings. The van der Waals surface area contributed by atoms with Gasteiger partial charge in [-0.25, -0.2) is 0 Å². The minimum Gasteiger partial charge on any atom is -0.356 e. The SMILES string of the molecule is CCC(=O)C(N)CCCCNC(=O)CCC1=CC=CC1. The molecule has 0 fully saturated rings. The van der Waals surface area contributed by atoms with E-state index in [1.807, 2.05) is 13.0 Å². The molecule has 0 radical (unpaired) electrons. The van der Waals surface area contributed by atoms with Crippen LogP contribution in [0, 0.1) is 0 Å². The van der Waals surface area contributed by atoms with Crippen LogP contribution in [0.2, 0.25) is 0 Å². The van der Waals surface area contributed by atoms with Crippen LogP contribution < -0.4 is 11.1 Å². The summed E-state index contributed by atoms with van der Waals surface area (Å²) in [6.07, 6.45) is 11.6. The van der Waals surface area contributed by atoms with E-state index >= 15 is 0 Å². The van der Waals surface area contributed by atoms with Crippen LogP contribution in [0.1, 0.15) is 51.9 Å². The van der Waals surface area contributed by atoms with E-state index in [1.165, 1.54) is 5.57 Å². The highest BCUT2D eigenvalue weighted by atomic mass is 16.1. The van der Waals surface area contributed by atoms with Gasteiger partial charge in [-0.1, -0.05) is 30.7 Å². The van der Waals surface area contributed by atoms with Gasteiger partial charge in [-0.3, -0.25) is 9.59 Å². The van der Waals surface area contributed by atoms with Crippen molar-refractivity contribution in [1.29, 1.82) is 0 Å². The molecule has 0 saturated carbocycles. The first-order chi connectivity index (χ1) is 9.63. The third-order valence-electron chi connectivity index (χ3n) is 3.55. The van der Waals surface area contributed by atoms with Crippen LogP contribution in [-0.4, -0.2) is 24.3 Å². The topological polar surface area (TPSA) is 72.2 Å². The molecule has 0 saturated heterocycles. The van der Waals surface area contributed by atoms with E-state index in [9.17, 15) is 9.59 Å². The molecule has 0 aromatic heterocycles. The summed E-state index contributed by atoms with van der Waals surface area (Å²) >= 11 is 0. The van der Waals surface area contributed by atoms with Gasteiger partial charge in [0.25, 0.3) is 0 Å². The van der Waals surface area contributed by atoms with E-state index in [1.54, 1.807) is 0 Å². The highest BCUT2D eigenvalue weighted by Gasteiger charge is 2.10. The van der Waals surface area contributed by atoms with Crippen molar-refractivity contribution in [2.75, 3.05) is 6.54 Å². The van der Waals surface area contributed by atoms with Crippen LogP contribution in [0.4, 0.5) is 0 Å². The first kappa shape index (κ1) is 16.6. The summed E-state index contributed by atoms with van der Waals surface area (Å²) in [5.41, 5.74) is 7.06. The molecule has 0 heterocycles. The maximum atomic E-state index is 11.6. The summed E-state index contributed by atoms with van der Waals surface area (Å²) in [6.45, 7) is 2.50. The van der Waals surface area contributed by atoms with Gasteiger partial charge in [0.05, 0.1) is 6.04 Å². The van der Waals surface area contributed by atoms with E-state index < -0.39 is 0 Å². The highest BCUT2D eigenvalue weighted by molar-refractivity contribution is 5.83. The average Bonchev–Trinajstić information content (AvgIpc) is 2.96. The first-order valence-electron chi connectivity index (χ1n) is 7.53. The maximum Gasteiger partial charge on any atom is 0.220 e. The Bertz CT molecular complexity index is 386. The molecule has 0 aliphatic heterocycles. The van der Waals surface area contributed by atoms with Crippen LogP contribution in [0.5, 0.6) is 0 Å². The largest absolute Gasteiger partial charge is 0.356 e. The Morgan fingerprint density at radius 3 is 2.85 bits per heavy atom. The number of nitrogens with one attached hydrogen (secondary N) is 1. The van der Waals surface area contributed by atoms with E-state index in [2.05, 4.69) is 17.5 Å². The summed E-state index contributed by atoms with van der Waals surface area (Å²) in [5, 5.41) is 2.91. The molecule has 112 valence electrons.